The summed E-state index contributed by atoms with van der Waals surface area (Å²) in [5.74, 6) is 0.782. The van der Waals surface area contributed by atoms with Gasteiger partial charge in [0.15, 0.2) is 0 Å². The summed E-state index contributed by atoms with van der Waals surface area (Å²) in [5, 5.41) is 3.57. The van der Waals surface area contributed by atoms with Gasteiger partial charge in [-0.2, -0.15) is 0 Å². The van der Waals surface area contributed by atoms with Gasteiger partial charge in [-0.05, 0) is 38.3 Å². The Bertz CT molecular complexity index is 246. The van der Waals surface area contributed by atoms with Gasteiger partial charge in [0, 0.05) is 38.8 Å². The third kappa shape index (κ3) is 2.83. The molecular formula is C14H29N3. The molecule has 0 aromatic heterocycles. The highest BCUT2D eigenvalue weighted by Gasteiger charge is 2.39. The van der Waals surface area contributed by atoms with Crippen LogP contribution in [0.5, 0.6) is 0 Å². The number of hydrogen-bond donors (Lipinski definition) is 1. The van der Waals surface area contributed by atoms with E-state index in [0.29, 0.717) is 11.5 Å². The highest BCUT2D eigenvalue weighted by Crippen LogP contribution is 2.35. The molecular weight excluding hydrogens is 210 g/mol. The van der Waals surface area contributed by atoms with Gasteiger partial charge >= 0.3 is 0 Å². The third-order valence-electron chi connectivity index (χ3n) is 4.99. The minimum atomic E-state index is 0.518. The van der Waals surface area contributed by atoms with E-state index in [0.717, 1.165) is 5.92 Å². The molecule has 1 N–H and O–H groups in total. The van der Waals surface area contributed by atoms with Gasteiger partial charge < -0.3 is 10.2 Å². The zero-order valence-corrected chi connectivity index (χ0v) is 12.0. The number of hydrogen-bond acceptors (Lipinski definition) is 3. The molecule has 2 rings (SSSR count). The molecule has 0 aromatic rings. The van der Waals surface area contributed by atoms with Crippen molar-refractivity contribution in [1.29, 1.82) is 0 Å². The van der Waals surface area contributed by atoms with Gasteiger partial charge in [0.05, 0.1) is 0 Å². The summed E-state index contributed by atoms with van der Waals surface area (Å²) in [5.41, 5.74) is 0.518. The summed E-state index contributed by atoms with van der Waals surface area (Å²) in [4.78, 5) is 5.17. The van der Waals surface area contributed by atoms with E-state index in [1.165, 1.54) is 45.7 Å². The van der Waals surface area contributed by atoms with Gasteiger partial charge in [-0.1, -0.05) is 13.8 Å². The summed E-state index contributed by atoms with van der Waals surface area (Å²) in [6, 6.07) is 0.713. The van der Waals surface area contributed by atoms with Crippen molar-refractivity contribution >= 4 is 0 Å². The van der Waals surface area contributed by atoms with Crippen molar-refractivity contribution in [2.24, 2.45) is 11.3 Å². The molecule has 3 heteroatoms. The molecule has 2 aliphatic heterocycles. The molecule has 0 aromatic carbocycles. The third-order valence-corrected chi connectivity index (χ3v) is 4.99. The van der Waals surface area contributed by atoms with Gasteiger partial charge in [0.2, 0.25) is 0 Å². The number of nitrogens with one attached hydrogen (secondary N) is 1. The smallest absolute Gasteiger partial charge is 0.0195 e. The fourth-order valence-electron chi connectivity index (χ4n) is 3.39. The van der Waals surface area contributed by atoms with Crippen molar-refractivity contribution in [1.82, 2.24) is 15.1 Å². The minimum Gasteiger partial charge on any atom is -0.316 e. The van der Waals surface area contributed by atoms with E-state index in [-0.39, 0.29) is 0 Å². The first-order valence-electron chi connectivity index (χ1n) is 7.17. The fraction of sp³-hybridized carbons (Fsp3) is 1.00. The Morgan fingerprint density at radius 3 is 2.65 bits per heavy atom. The lowest BCUT2D eigenvalue weighted by molar-refractivity contribution is 0.0421. The standard InChI is InChI=1S/C14H29N3/c1-12(2)14(5-6-15-10-14)11-17-8-7-16(4)9-13(17)3/h12-13,15H,5-11H2,1-4H3. The molecule has 2 heterocycles. The van der Waals surface area contributed by atoms with Gasteiger partial charge in [-0.25, -0.2) is 0 Å². The number of likely N-dealkylation sites (N-methyl/N-ethyl adjacent to an activating group) is 1. The SMILES string of the molecule is CC1CN(C)CCN1CC1(C(C)C)CCNC1. The van der Waals surface area contributed by atoms with E-state index in [4.69, 9.17) is 0 Å². The minimum absolute atomic E-state index is 0.518. The Morgan fingerprint density at radius 2 is 2.12 bits per heavy atom. The topological polar surface area (TPSA) is 18.5 Å². The lowest BCUT2D eigenvalue weighted by atomic mass is 9.75. The molecule has 0 radical (unpaired) electrons. The Labute approximate surface area is 107 Å². The molecule has 0 aliphatic carbocycles. The Hall–Kier alpha value is -0.120. The molecule has 0 bridgehead atoms. The van der Waals surface area contributed by atoms with Crippen LogP contribution in [-0.4, -0.2) is 62.2 Å². The summed E-state index contributed by atoms with van der Waals surface area (Å²) in [7, 11) is 2.24. The Morgan fingerprint density at radius 1 is 1.35 bits per heavy atom. The molecule has 2 atom stereocenters. The lowest BCUT2D eigenvalue weighted by Crippen LogP contribution is -2.54. The van der Waals surface area contributed by atoms with Crippen molar-refractivity contribution in [2.45, 2.75) is 33.2 Å². The number of piperazine rings is 1. The van der Waals surface area contributed by atoms with E-state index < -0.39 is 0 Å². The average Bonchev–Trinajstić information content (AvgIpc) is 2.72. The van der Waals surface area contributed by atoms with Crippen molar-refractivity contribution in [3.8, 4) is 0 Å². The monoisotopic (exact) mass is 239 g/mol. The molecule has 2 aliphatic rings. The van der Waals surface area contributed by atoms with Gasteiger partial charge in [0.1, 0.15) is 0 Å². The highest BCUT2D eigenvalue weighted by molar-refractivity contribution is 4.94. The maximum atomic E-state index is 3.57. The molecule has 3 nitrogen and oxygen atoms in total. The number of rotatable bonds is 3. The van der Waals surface area contributed by atoms with Gasteiger partial charge in [-0.3, -0.25) is 4.90 Å². The van der Waals surface area contributed by atoms with Crippen LogP contribution in [-0.2, 0) is 0 Å². The molecule has 0 amide bonds. The summed E-state index contributed by atoms with van der Waals surface area (Å²) < 4.78 is 0. The fourth-order valence-corrected chi connectivity index (χ4v) is 3.39. The van der Waals surface area contributed by atoms with Crippen LogP contribution >= 0.6 is 0 Å². The highest BCUT2D eigenvalue weighted by atomic mass is 15.3. The van der Waals surface area contributed by atoms with Crippen LogP contribution in [0.4, 0.5) is 0 Å². The van der Waals surface area contributed by atoms with E-state index in [9.17, 15) is 0 Å². The summed E-state index contributed by atoms with van der Waals surface area (Å²) in [6.07, 6.45) is 1.35. The Balaban J connectivity index is 1.98. The van der Waals surface area contributed by atoms with E-state index in [2.05, 4.69) is 42.9 Å². The average molecular weight is 239 g/mol. The summed E-state index contributed by atoms with van der Waals surface area (Å²) in [6.45, 7) is 14.6. The zero-order chi connectivity index (χ0) is 12.5. The zero-order valence-electron chi connectivity index (χ0n) is 12.0. The second-order valence-electron chi connectivity index (χ2n) is 6.53. The Kier molecular flexibility index (Phi) is 4.11. The molecule has 17 heavy (non-hydrogen) atoms. The van der Waals surface area contributed by atoms with Crippen molar-refractivity contribution < 1.29 is 0 Å². The number of nitrogens with zero attached hydrogens (tertiary/aromatic N) is 2. The van der Waals surface area contributed by atoms with Crippen LogP contribution in [0.1, 0.15) is 27.2 Å². The largest absolute Gasteiger partial charge is 0.316 e. The van der Waals surface area contributed by atoms with Crippen LogP contribution in [0.2, 0.25) is 0 Å². The quantitative estimate of drug-likeness (QED) is 0.800. The van der Waals surface area contributed by atoms with Crippen LogP contribution in [0.25, 0.3) is 0 Å². The predicted molar refractivity (Wildman–Crippen MR) is 73.3 cm³/mol. The second-order valence-corrected chi connectivity index (χ2v) is 6.53. The first-order valence-corrected chi connectivity index (χ1v) is 7.17. The van der Waals surface area contributed by atoms with Crippen LogP contribution < -0.4 is 5.32 Å². The maximum Gasteiger partial charge on any atom is 0.0195 e. The van der Waals surface area contributed by atoms with Crippen LogP contribution in [0.15, 0.2) is 0 Å². The van der Waals surface area contributed by atoms with Gasteiger partial charge in [0.25, 0.3) is 0 Å². The van der Waals surface area contributed by atoms with E-state index in [1.54, 1.807) is 0 Å². The first kappa shape index (κ1) is 13.3. The molecule has 2 fully saturated rings. The first-order chi connectivity index (χ1) is 8.03. The maximum absolute atomic E-state index is 3.57. The molecule has 100 valence electrons. The van der Waals surface area contributed by atoms with E-state index in [1.807, 2.05) is 0 Å². The molecule has 0 spiro atoms. The van der Waals surface area contributed by atoms with Gasteiger partial charge in [-0.15, -0.1) is 0 Å². The molecule has 0 saturated carbocycles. The second kappa shape index (κ2) is 5.25. The van der Waals surface area contributed by atoms with Crippen LogP contribution in [0.3, 0.4) is 0 Å². The van der Waals surface area contributed by atoms with Crippen molar-refractivity contribution in [3.05, 3.63) is 0 Å². The predicted octanol–water partition coefficient (Wildman–Crippen LogP) is 1.26. The van der Waals surface area contributed by atoms with Crippen LogP contribution in [0, 0.1) is 11.3 Å². The van der Waals surface area contributed by atoms with Crippen molar-refractivity contribution in [2.75, 3.05) is 46.3 Å². The van der Waals surface area contributed by atoms with E-state index >= 15 is 0 Å². The molecule has 2 saturated heterocycles. The van der Waals surface area contributed by atoms with Crippen molar-refractivity contribution in [3.63, 3.8) is 0 Å². The summed E-state index contributed by atoms with van der Waals surface area (Å²) >= 11 is 0. The molecule has 2 unspecified atom stereocenters. The normalized spacial score (nSPS) is 36.9. The lowest BCUT2D eigenvalue weighted by Gasteiger charge is -2.44.